The number of aromatic nitrogens is 2. The van der Waals surface area contributed by atoms with Gasteiger partial charge in [-0.3, -0.25) is 4.79 Å². The molecule has 0 saturated carbocycles. The van der Waals surface area contributed by atoms with E-state index >= 15 is 0 Å². The Hall–Kier alpha value is -3.10. The summed E-state index contributed by atoms with van der Waals surface area (Å²) in [4.78, 5) is 21.5. The Kier molecular flexibility index (Phi) is 5.13. The van der Waals surface area contributed by atoms with E-state index in [0.29, 0.717) is 37.1 Å². The summed E-state index contributed by atoms with van der Waals surface area (Å²) >= 11 is 0. The maximum Gasteiger partial charge on any atom is 0.416 e. The monoisotopic (exact) mass is 421 g/mol. The minimum absolute atomic E-state index is 0.0760. The quantitative estimate of drug-likeness (QED) is 0.621. The van der Waals surface area contributed by atoms with Gasteiger partial charge in [-0.05, 0) is 43.0 Å². The van der Waals surface area contributed by atoms with Gasteiger partial charge in [0.25, 0.3) is 5.91 Å². The van der Waals surface area contributed by atoms with Crippen molar-refractivity contribution in [1.29, 1.82) is 0 Å². The van der Waals surface area contributed by atoms with Crippen molar-refractivity contribution in [3.8, 4) is 5.75 Å². The first-order valence-corrected chi connectivity index (χ1v) is 9.45. The van der Waals surface area contributed by atoms with E-state index < -0.39 is 17.6 Å². The lowest BCUT2D eigenvalue weighted by molar-refractivity contribution is -0.137. The van der Waals surface area contributed by atoms with Gasteiger partial charge in [-0.2, -0.15) is 13.2 Å². The molecular formula is C21H19F4N3O2. The molecule has 1 aliphatic heterocycles. The molecule has 1 amide bonds. The SMILES string of the molecule is COc1cc(C(F)(F)F)ccc1C(=O)N1CCC(c2c(F)cnc3[nH]ccc23)CC1. The Morgan fingerprint density at radius 2 is 1.97 bits per heavy atom. The molecule has 0 bridgehead atoms. The van der Waals surface area contributed by atoms with Crippen molar-refractivity contribution in [3.05, 3.63) is 59.2 Å². The number of hydrogen-bond acceptors (Lipinski definition) is 3. The van der Waals surface area contributed by atoms with Crippen molar-refractivity contribution < 1.29 is 27.1 Å². The molecule has 9 heteroatoms. The third-order valence-electron chi connectivity index (χ3n) is 5.53. The first kappa shape index (κ1) is 20.2. The zero-order valence-corrected chi connectivity index (χ0v) is 16.1. The standard InChI is InChI=1S/C21H19F4N3O2/c1-30-17-10-13(21(23,24)25)2-3-14(17)20(29)28-8-5-12(6-9-28)18-15-4-7-26-19(15)27-11-16(18)22/h2-4,7,10-12H,5-6,8-9H2,1H3,(H,26,27). The maximum atomic E-state index is 14.5. The second-order valence-corrected chi connectivity index (χ2v) is 7.24. The Bertz CT molecular complexity index is 1090. The van der Waals surface area contributed by atoms with E-state index in [0.717, 1.165) is 23.6 Å². The third-order valence-corrected chi connectivity index (χ3v) is 5.53. The van der Waals surface area contributed by atoms with Gasteiger partial charge in [0.1, 0.15) is 17.2 Å². The Labute approximate surface area is 169 Å². The molecule has 30 heavy (non-hydrogen) atoms. The first-order chi connectivity index (χ1) is 14.3. The van der Waals surface area contributed by atoms with Gasteiger partial charge in [0.15, 0.2) is 0 Å². The van der Waals surface area contributed by atoms with Crippen molar-refractivity contribution in [2.24, 2.45) is 0 Å². The molecule has 4 rings (SSSR count). The van der Waals surface area contributed by atoms with Crippen LogP contribution in [0.3, 0.4) is 0 Å². The smallest absolute Gasteiger partial charge is 0.416 e. The van der Waals surface area contributed by atoms with Gasteiger partial charge in [-0.15, -0.1) is 0 Å². The Morgan fingerprint density at radius 1 is 1.23 bits per heavy atom. The van der Waals surface area contributed by atoms with Crippen LogP contribution in [0.25, 0.3) is 11.0 Å². The summed E-state index contributed by atoms with van der Waals surface area (Å²) in [6, 6.07) is 4.62. The number of rotatable bonds is 3. The van der Waals surface area contributed by atoms with E-state index in [1.165, 1.54) is 13.3 Å². The van der Waals surface area contributed by atoms with Gasteiger partial charge >= 0.3 is 6.18 Å². The molecule has 0 unspecified atom stereocenters. The van der Waals surface area contributed by atoms with E-state index in [2.05, 4.69) is 9.97 Å². The number of alkyl halides is 3. The fourth-order valence-corrected chi connectivity index (χ4v) is 4.00. The molecule has 158 valence electrons. The fourth-order valence-electron chi connectivity index (χ4n) is 4.00. The second kappa shape index (κ2) is 7.62. The van der Waals surface area contributed by atoms with E-state index in [1.54, 1.807) is 17.2 Å². The number of nitrogens with one attached hydrogen (secondary N) is 1. The largest absolute Gasteiger partial charge is 0.496 e. The van der Waals surface area contributed by atoms with Crippen LogP contribution in [0.4, 0.5) is 17.6 Å². The van der Waals surface area contributed by atoms with Gasteiger partial charge in [-0.25, -0.2) is 9.37 Å². The number of halogens is 4. The number of carbonyl (C=O) groups excluding carboxylic acids is 1. The molecule has 0 spiro atoms. The second-order valence-electron chi connectivity index (χ2n) is 7.24. The van der Waals surface area contributed by atoms with Gasteiger partial charge in [-0.1, -0.05) is 0 Å². The van der Waals surface area contributed by atoms with Crippen molar-refractivity contribution in [2.75, 3.05) is 20.2 Å². The van der Waals surface area contributed by atoms with E-state index in [1.807, 2.05) is 0 Å². The zero-order chi connectivity index (χ0) is 21.5. The van der Waals surface area contributed by atoms with Crippen molar-refractivity contribution in [3.63, 3.8) is 0 Å². The minimum Gasteiger partial charge on any atom is -0.496 e. The molecule has 0 radical (unpaired) electrons. The summed E-state index contributed by atoms with van der Waals surface area (Å²) in [5, 5.41) is 0.726. The van der Waals surface area contributed by atoms with Crippen LogP contribution in [0, 0.1) is 5.82 Å². The number of fused-ring (bicyclic) bond motifs is 1. The number of H-pyrrole nitrogens is 1. The van der Waals surface area contributed by atoms with Crippen LogP contribution in [0.2, 0.25) is 0 Å². The first-order valence-electron chi connectivity index (χ1n) is 9.45. The number of hydrogen-bond donors (Lipinski definition) is 1. The number of nitrogens with zero attached hydrogens (tertiary/aromatic N) is 2. The van der Waals surface area contributed by atoms with Crippen LogP contribution in [0.5, 0.6) is 5.75 Å². The topological polar surface area (TPSA) is 58.2 Å². The normalized spacial score (nSPS) is 15.6. The molecule has 1 aromatic carbocycles. The summed E-state index contributed by atoms with van der Waals surface area (Å²) in [5.74, 6) is -0.978. The maximum absolute atomic E-state index is 14.5. The molecule has 0 aliphatic carbocycles. The van der Waals surface area contributed by atoms with Gasteiger partial charge in [0.05, 0.1) is 24.4 Å². The van der Waals surface area contributed by atoms with E-state index in [4.69, 9.17) is 4.74 Å². The van der Waals surface area contributed by atoms with Crippen LogP contribution in [0.1, 0.15) is 40.2 Å². The highest BCUT2D eigenvalue weighted by Gasteiger charge is 2.33. The number of amides is 1. The summed E-state index contributed by atoms with van der Waals surface area (Å²) in [7, 11) is 1.23. The molecule has 1 N–H and O–H groups in total. The van der Waals surface area contributed by atoms with Gasteiger partial charge in [0, 0.05) is 30.2 Å². The highest BCUT2D eigenvalue weighted by atomic mass is 19.4. The molecular weight excluding hydrogens is 402 g/mol. The van der Waals surface area contributed by atoms with Crippen molar-refractivity contribution in [1.82, 2.24) is 14.9 Å². The number of benzene rings is 1. The summed E-state index contributed by atoms with van der Waals surface area (Å²) in [6.45, 7) is 0.725. The van der Waals surface area contributed by atoms with Crippen molar-refractivity contribution in [2.45, 2.75) is 24.9 Å². The average Bonchev–Trinajstić information content (AvgIpc) is 3.21. The molecule has 1 aliphatic rings. The molecule has 3 heterocycles. The number of ether oxygens (including phenoxy) is 1. The van der Waals surface area contributed by atoms with Crippen molar-refractivity contribution >= 4 is 16.9 Å². The minimum atomic E-state index is -4.52. The lowest BCUT2D eigenvalue weighted by Gasteiger charge is -2.33. The van der Waals surface area contributed by atoms with E-state index in [9.17, 15) is 22.4 Å². The van der Waals surface area contributed by atoms with Gasteiger partial charge < -0.3 is 14.6 Å². The number of piperidine rings is 1. The van der Waals surface area contributed by atoms with Crippen LogP contribution >= 0.6 is 0 Å². The fraction of sp³-hybridized carbons (Fsp3) is 0.333. The number of pyridine rings is 1. The highest BCUT2D eigenvalue weighted by molar-refractivity contribution is 5.97. The molecule has 1 saturated heterocycles. The predicted molar refractivity (Wildman–Crippen MR) is 102 cm³/mol. The number of carbonyl (C=O) groups is 1. The number of likely N-dealkylation sites (tertiary alicyclic amines) is 1. The average molecular weight is 421 g/mol. The molecule has 2 aromatic heterocycles. The zero-order valence-electron chi connectivity index (χ0n) is 16.1. The molecule has 5 nitrogen and oxygen atoms in total. The highest BCUT2D eigenvalue weighted by Crippen LogP contribution is 2.36. The van der Waals surface area contributed by atoms with Crippen LogP contribution < -0.4 is 4.74 Å². The third kappa shape index (κ3) is 3.59. The lowest BCUT2D eigenvalue weighted by atomic mass is 9.87. The Morgan fingerprint density at radius 3 is 2.63 bits per heavy atom. The number of methoxy groups -OCH3 is 1. The van der Waals surface area contributed by atoms with Crippen LogP contribution in [-0.4, -0.2) is 41.0 Å². The molecule has 0 atom stereocenters. The summed E-state index contributed by atoms with van der Waals surface area (Å²) in [5.41, 5.74) is 0.394. The van der Waals surface area contributed by atoms with Crippen LogP contribution in [-0.2, 0) is 6.18 Å². The van der Waals surface area contributed by atoms with E-state index in [-0.39, 0.29) is 23.0 Å². The van der Waals surface area contributed by atoms with Gasteiger partial charge in [0.2, 0.25) is 0 Å². The molecule has 1 fully saturated rings. The Balaban J connectivity index is 1.52. The van der Waals surface area contributed by atoms with Crippen LogP contribution in [0.15, 0.2) is 36.7 Å². The summed E-state index contributed by atoms with van der Waals surface area (Å²) < 4.78 is 58.3. The summed E-state index contributed by atoms with van der Waals surface area (Å²) in [6.07, 6.45) is -0.550. The predicted octanol–water partition coefficient (Wildman–Crippen LogP) is 4.75. The lowest BCUT2D eigenvalue weighted by Crippen LogP contribution is -2.38. The molecule has 3 aromatic rings. The number of aromatic amines is 1.